The van der Waals surface area contributed by atoms with E-state index >= 15 is 0 Å². The van der Waals surface area contributed by atoms with E-state index in [2.05, 4.69) is 38.8 Å². The van der Waals surface area contributed by atoms with Gasteiger partial charge in [-0.15, -0.1) is 0 Å². The van der Waals surface area contributed by atoms with E-state index in [1.54, 1.807) is 12.4 Å². The van der Waals surface area contributed by atoms with Crippen LogP contribution in [0.2, 0.25) is 0 Å². The van der Waals surface area contributed by atoms with Gasteiger partial charge >= 0.3 is 0 Å². The van der Waals surface area contributed by atoms with Gasteiger partial charge in [0.05, 0.1) is 11.9 Å². The predicted octanol–water partition coefficient (Wildman–Crippen LogP) is 4.91. The molecule has 2 heterocycles. The summed E-state index contributed by atoms with van der Waals surface area (Å²) in [5, 5.41) is 6.23. The van der Waals surface area contributed by atoms with Crippen LogP contribution in [0.4, 0.5) is 11.5 Å². The van der Waals surface area contributed by atoms with Gasteiger partial charge in [0.15, 0.2) is 0 Å². The molecule has 30 heavy (non-hydrogen) atoms. The highest BCUT2D eigenvalue weighted by Gasteiger charge is 2.23. The molecule has 2 N–H and O–H groups in total. The fraction of sp³-hybridized carbons (Fsp3) is 0.0800. The average Bonchev–Trinajstić information content (AvgIpc) is 3.18. The number of benzene rings is 2. The predicted molar refractivity (Wildman–Crippen MR) is 118 cm³/mol. The summed E-state index contributed by atoms with van der Waals surface area (Å²) in [4.78, 5) is 21.5. The fourth-order valence-corrected chi connectivity index (χ4v) is 3.84. The molecule has 0 fully saturated rings. The first-order valence-corrected chi connectivity index (χ1v) is 9.88. The number of pyridine rings is 2. The number of fused-ring (bicyclic) bond motifs is 3. The van der Waals surface area contributed by atoms with Crippen LogP contribution >= 0.6 is 0 Å². The van der Waals surface area contributed by atoms with Crippen molar-refractivity contribution in [3.63, 3.8) is 0 Å². The Labute approximate surface area is 174 Å². The number of anilines is 2. The van der Waals surface area contributed by atoms with Crippen molar-refractivity contribution in [3.8, 4) is 11.1 Å². The fourth-order valence-electron chi connectivity index (χ4n) is 3.84. The van der Waals surface area contributed by atoms with Crippen LogP contribution in [0, 0.1) is 0 Å². The van der Waals surface area contributed by atoms with Crippen LogP contribution in [0.5, 0.6) is 0 Å². The largest absolute Gasteiger partial charge is 0.366 e. The van der Waals surface area contributed by atoms with Crippen molar-refractivity contribution in [1.82, 2.24) is 9.97 Å². The SMILES string of the molecule is O=C(Nc1ccc(NCc2cccnc2)nc1)c1cccc2c1Cc1ccccc1-2. The van der Waals surface area contributed by atoms with Crippen LogP contribution in [0.15, 0.2) is 85.3 Å². The maximum absolute atomic E-state index is 13.0. The molecule has 4 aromatic rings. The van der Waals surface area contributed by atoms with Crippen LogP contribution in [-0.2, 0) is 13.0 Å². The number of amides is 1. The van der Waals surface area contributed by atoms with Crippen molar-refractivity contribution in [2.24, 2.45) is 0 Å². The average molecular weight is 392 g/mol. The van der Waals surface area contributed by atoms with Gasteiger partial charge < -0.3 is 10.6 Å². The monoisotopic (exact) mass is 392 g/mol. The summed E-state index contributed by atoms with van der Waals surface area (Å²) in [6, 6.07) is 21.9. The van der Waals surface area contributed by atoms with E-state index in [4.69, 9.17) is 0 Å². The first-order valence-electron chi connectivity index (χ1n) is 9.88. The van der Waals surface area contributed by atoms with Gasteiger partial charge in [0.1, 0.15) is 5.82 Å². The number of aromatic nitrogens is 2. The lowest BCUT2D eigenvalue weighted by Gasteiger charge is -2.10. The number of rotatable bonds is 5. The molecule has 5 nitrogen and oxygen atoms in total. The molecule has 0 bridgehead atoms. The van der Waals surface area contributed by atoms with Crippen LogP contribution in [-0.4, -0.2) is 15.9 Å². The van der Waals surface area contributed by atoms with Crippen molar-refractivity contribution in [1.29, 1.82) is 0 Å². The summed E-state index contributed by atoms with van der Waals surface area (Å²) in [6.07, 6.45) is 6.02. The molecule has 5 heteroatoms. The molecule has 2 aromatic heterocycles. The van der Waals surface area contributed by atoms with Crippen molar-refractivity contribution in [2.45, 2.75) is 13.0 Å². The number of hydrogen-bond acceptors (Lipinski definition) is 4. The number of carbonyl (C=O) groups excluding carboxylic acids is 1. The Balaban J connectivity index is 1.29. The van der Waals surface area contributed by atoms with E-state index in [1.807, 2.05) is 54.7 Å². The molecule has 2 aromatic carbocycles. The van der Waals surface area contributed by atoms with Gasteiger partial charge in [0.25, 0.3) is 5.91 Å². The Kier molecular flexibility index (Phi) is 4.69. The van der Waals surface area contributed by atoms with Crippen molar-refractivity contribution >= 4 is 17.4 Å². The van der Waals surface area contributed by atoms with Crippen molar-refractivity contribution in [3.05, 3.63) is 108 Å². The van der Waals surface area contributed by atoms with Crippen LogP contribution in [0.25, 0.3) is 11.1 Å². The molecule has 0 saturated carbocycles. The van der Waals surface area contributed by atoms with E-state index in [9.17, 15) is 4.79 Å². The van der Waals surface area contributed by atoms with E-state index in [0.717, 1.165) is 28.9 Å². The molecule has 0 aliphatic heterocycles. The number of carbonyl (C=O) groups is 1. The first-order chi connectivity index (χ1) is 14.8. The lowest BCUT2D eigenvalue weighted by molar-refractivity contribution is 0.102. The summed E-state index contributed by atoms with van der Waals surface area (Å²) >= 11 is 0. The quantitative estimate of drug-likeness (QED) is 0.446. The lowest BCUT2D eigenvalue weighted by atomic mass is 10.0. The number of nitrogens with zero attached hydrogens (tertiary/aromatic N) is 2. The summed E-state index contributed by atoms with van der Waals surface area (Å²) in [7, 11) is 0. The van der Waals surface area contributed by atoms with Crippen LogP contribution < -0.4 is 10.6 Å². The van der Waals surface area contributed by atoms with E-state index in [0.29, 0.717) is 17.8 Å². The third-order valence-corrected chi connectivity index (χ3v) is 5.31. The van der Waals surface area contributed by atoms with E-state index in [1.165, 1.54) is 11.1 Å². The smallest absolute Gasteiger partial charge is 0.256 e. The van der Waals surface area contributed by atoms with E-state index < -0.39 is 0 Å². The third kappa shape index (κ3) is 3.53. The highest BCUT2D eigenvalue weighted by atomic mass is 16.1. The molecule has 146 valence electrons. The Morgan fingerprint density at radius 2 is 1.80 bits per heavy atom. The minimum atomic E-state index is -0.113. The molecule has 1 aliphatic rings. The zero-order valence-corrected chi connectivity index (χ0v) is 16.3. The molecule has 1 amide bonds. The molecule has 5 rings (SSSR count). The summed E-state index contributed by atoms with van der Waals surface area (Å²) in [6.45, 7) is 0.642. The van der Waals surface area contributed by atoms with Gasteiger partial charge in [-0.05, 0) is 58.5 Å². The van der Waals surface area contributed by atoms with E-state index in [-0.39, 0.29) is 5.91 Å². The molecular weight excluding hydrogens is 372 g/mol. The second-order valence-corrected chi connectivity index (χ2v) is 7.27. The Morgan fingerprint density at radius 3 is 2.63 bits per heavy atom. The van der Waals surface area contributed by atoms with Gasteiger partial charge in [-0.1, -0.05) is 42.5 Å². The molecule has 0 unspecified atom stereocenters. The highest BCUT2D eigenvalue weighted by molar-refractivity contribution is 6.07. The summed E-state index contributed by atoms with van der Waals surface area (Å²) in [5.41, 5.74) is 7.16. The standard InChI is InChI=1S/C25H20N4O/c30-25(22-9-3-8-21-20-7-2-1-6-18(20)13-23(21)22)29-19-10-11-24(28-16-19)27-15-17-5-4-12-26-14-17/h1-12,14,16H,13,15H2,(H,27,28)(H,29,30). The van der Waals surface area contributed by atoms with Crippen LogP contribution in [0.1, 0.15) is 27.0 Å². The number of hydrogen-bond donors (Lipinski definition) is 2. The summed E-state index contributed by atoms with van der Waals surface area (Å²) < 4.78 is 0. The molecule has 0 saturated heterocycles. The van der Waals surface area contributed by atoms with Gasteiger partial charge in [0.2, 0.25) is 0 Å². The maximum atomic E-state index is 13.0. The Bertz CT molecular complexity index is 1200. The minimum Gasteiger partial charge on any atom is -0.366 e. The van der Waals surface area contributed by atoms with Gasteiger partial charge in [-0.25, -0.2) is 4.98 Å². The second-order valence-electron chi connectivity index (χ2n) is 7.27. The maximum Gasteiger partial charge on any atom is 0.256 e. The highest BCUT2D eigenvalue weighted by Crippen LogP contribution is 2.38. The molecule has 0 spiro atoms. The first kappa shape index (κ1) is 18.1. The minimum absolute atomic E-state index is 0.113. The normalized spacial score (nSPS) is 11.5. The Morgan fingerprint density at radius 1 is 0.900 bits per heavy atom. The second kappa shape index (κ2) is 7.79. The van der Waals surface area contributed by atoms with Crippen molar-refractivity contribution < 1.29 is 4.79 Å². The number of nitrogens with one attached hydrogen (secondary N) is 2. The molecule has 1 aliphatic carbocycles. The molecular formula is C25H20N4O. The summed E-state index contributed by atoms with van der Waals surface area (Å²) in [5.74, 6) is 0.630. The van der Waals surface area contributed by atoms with Gasteiger partial charge in [-0.2, -0.15) is 0 Å². The zero-order chi connectivity index (χ0) is 20.3. The van der Waals surface area contributed by atoms with Crippen molar-refractivity contribution in [2.75, 3.05) is 10.6 Å². The molecule has 0 radical (unpaired) electrons. The lowest BCUT2D eigenvalue weighted by Crippen LogP contribution is -2.14. The van der Waals surface area contributed by atoms with Gasteiger partial charge in [0, 0.05) is 24.5 Å². The van der Waals surface area contributed by atoms with Crippen LogP contribution in [0.3, 0.4) is 0 Å². The Hall–Kier alpha value is -3.99. The van der Waals surface area contributed by atoms with Gasteiger partial charge in [-0.3, -0.25) is 9.78 Å². The third-order valence-electron chi connectivity index (χ3n) is 5.31. The molecule has 0 atom stereocenters. The zero-order valence-electron chi connectivity index (χ0n) is 16.3. The topological polar surface area (TPSA) is 66.9 Å².